The topological polar surface area (TPSA) is 15.6 Å². The Labute approximate surface area is 99.3 Å². The number of fused-ring (bicyclic) bond motifs is 1. The molecule has 0 fully saturated rings. The third kappa shape index (κ3) is 2.32. The van der Waals surface area contributed by atoms with Gasteiger partial charge >= 0.3 is 6.18 Å². The molecule has 0 saturated heterocycles. The van der Waals surface area contributed by atoms with Crippen LogP contribution < -0.4 is 4.90 Å². The van der Waals surface area contributed by atoms with Gasteiger partial charge in [-0.2, -0.15) is 13.2 Å². The van der Waals surface area contributed by atoms with Crippen molar-refractivity contribution in [3.63, 3.8) is 0 Å². The number of hydrogen-bond acceptors (Lipinski definition) is 3. The molecule has 1 aliphatic rings. The average Bonchev–Trinajstić information content (AvgIpc) is 2.53. The third-order valence-electron chi connectivity index (χ3n) is 2.13. The summed E-state index contributed by atoms with van der Waals surface area (Å²) in [4.78, 5) is 6.04. The molecule has 0 N–H and O–H groups in total. The van der Waals surface area contributed by atoms with Gasteiger partial charge in [-0.05, 0) is 6.07 Å². The Kier molecular flexibility index (Phi) is 2.88. The van der Waals surface area contributed by atoms with Crippen molar-refractivity contribution in [3.05, 3.63) is 16.5 Å². The van der Waals surface area contributed by atoms with Crippen LogP contribution in [0.3, 0.4) is 0 Å². The fraction of sp³-hybridized carbons (Fsp3) is 0.444. The van der Waals surface area contributed by atoms with Crippen molar-refractivity contribution in [3.8, 4) is 0 Å². The monoisotopic (exact) mass is 268 g/mol. The minimum Gasteiger partial charge on any atom is -0.346 e. The lowest BCUT2D eigenvalue weighted by molar-refractivity contribution is -0.126. The van der Waals surface area contributed by atoms with Crippen LogP contribution in [0.5, 0.6) is 0 Å². The van der Waals surface area contributed by atoms with Crippen LogP contribution in [0.2, 0.25) is 0 Å². The fourth-order valence-corrected chi connectivity index (χ4v) is 2.86. The number of alkyl halides is 3. The standard InChI is InChI=1S/C9H8ClF3N2S/c1-15-4-14-7(10)6-2-5(16-8(6)15)3-9(11,12)13/h2H,3-4H2,1H3. The maximum absolute atomic E-state index is 12.2. The van der Waals surface area contributed by atoms with Gasteiger partial charge in [0, 0.05) is 17.5 Å². The van der Waals surface area contributed by atoms with Gasteiger partial charge in [-0.25, -0.2) is 0 Å². The molecule has 0 bridgehead atoms. The fourth-order valence-electron chi connectivity index (χ4n) is 1.46. The number of anilines is 1. The minimum atomic E-state index is -4.18. The number of thiophene rings is 1. The summed E-state index contributed by atoms with van der Waals surface area (Å²) >= 11 is 6.96. The highest BCUT2D eigenvalue weighted by molar-refractivity contribution is 7.16. The summed E-state index contributed by atoms with van der Waals surface area (Å²) in [6.07, 6.45) is -5.10. The zero-order valence-electron chi connectivity index (χ0n) is 8.31. The summed E-state index contributed by atoms with van der Waals surface area (Å²) < 4.78 is 36.7. The van der Waals surface area contributed by atoms with Gasteiger partial charge in [0.1, 0.15) is 16.8 Å². The second-order valence-corrected chi connectivity index (χ2v) is 4.99. The van der Waals surface area contributed by atoms with Crippen molar-refractivity contribution in [2.45, 2.75) is 12.6 Å². The van der Waals surface area contributed by atoms with E-state index >= 15 is 0 Å². The normalized spacial score (nSPS) is 16.1. The summed E-state index contributed by atoms with van der Waals surface area (Å²) in [5.41, 5.74) is 0.597. The van der Waals surface area contributed by atoms with Gasteiger partial charge in [0.2, 0.25) is 0 Å². The molecule has 88 valence electrons. The first-order valence-electron chi connectivity index (χ1n) is 4.48. The van der Waals surface area contributed by atoms with Crippen LogP contribution in [-0.4, -0.2) is 25.1 Å². The molecule has 0 amide bonds. The SMILES string of the molecule is CN1CN=C(Cl)c2cc(CC(F)(F)F)sc21. The van der Waals surface area contributed by atoms with Gasteiger partial charge in [-0.3, -0.25) is 4.99 Å². The first kappa shape index (κ1) is 11.7. The molecule has 0 aromatic carbocycles. The Hall–Kier alpha value is -0.750. The van der Waals surface area contributed by atoms with Gasteiger partial charge in [0.15, 0.2) is 0 Å². The summed E-state index contributed by atoms with van der Waals surface area (Å²) in [6.45, 7) is 0.387. The van der Waals surface area contributed by atoms with Crippen LogP contribution >= 0.6 is 22.9 Å². The number of hydrogen-bond donors (Lipinski definition) is 0. The molecule has 0 saturated carbocycles. The van der Waals surface area contributed by atoms with Crippen molar-refractivity contribution in [1.82, 2.24) is 0 Å². The Morgan fingerprint density at radius 2 is 2.25 bits per heavy atom. The zero-order chi connectivity index (χ0) is 11.9. The molecule has 0 unspecified atom stereocenters. The van der Waals surface area contributed by atoms with E-state index in [9.17, 15) is 13.2 Å². The van der Waals surface area contributed by atoms with Gasteiger partial charge in [0.25, 0.3) is 0 Å². The average molecular weight is 269 g/mol. The zero-order valence-corrected chi connectivity index (χ0v) is 9.88. The predicted molar refractivity (Wildman–Crippen MR) is 59.7 cm³/mol. The van der Waals surface area contributed by atoms with Gasteiger partial charge in [-0.15, -0.1) is 11.3 Å². The number of nitrogens with zero attached hydrogens (tertiary/aromatic N) is 2. The highest BCUT2D eigenvalue weighted by atomic mass is 35.5. The number of rotatable bonds is 1. The molecule has 1 aromatic rings. The van der Waals surface area contributed by atoms with Gasteiger partial charge in [-0.1, -0.05) is 11.6 Å². The Morgan fingerprint density at radius 3 is 2.81 bits per heavy atom. The molecule has 0 atom stereocenters. The number of halogens is 4. The summed E-state index contributed by atoms with van der Waals surface area (Å²) in [7, 11) is 1.78. The van der Waals surface area contributed by atoms with E-state index in [4.69, 9.17) is 11.6 Å². The maximum atomic E-state index is 12.2. The molecule has 0 spiro atoms. The molecular formula is C9H8ClF3N2S. The Bertz CT molecular complexity index is 438. The molecule has 1 aliphatic heterocycles. The van der Waals surface area contributed by atoms with Crippen molar-refractivity contribution < 1.29 is 13.2 Å². The van der Waals surface area contributed by atoms with Crippen LogP contribution in [-0.2, 0) is 6.42 Å². The van der Waals surface area contributed by atoms with Gasteiger partial charge in [0.05, 0.1) is 6.42 Å². The summed E-state index contributed by atoms with van der Waals surface area (Å²) in [5, 5.41) is 1.04. The van der Waals surface area contributed by atoms with Crippen molar-refractivity contribution in [2.75, 3.05) is 18.6 Å². The highest BCUT2D eigenvalue weighted by Crippen LogP contribution is 2.37. The lowest BCUT2D eigenvalue weighted by Gasteiger charge is -2.20. The van der Waals surface area contributed by atoms with Crippen LogP contribution in [0.25, 0.3) is 0 Å². The highest BCUT2D eigenvalue weighted by Gasteiger charge is 2.30. The third-order valence-corrected chi connectivity index (χ3v) is 3.70. The van der Waals surface area contributed by atoms with Crippen LogP contribution in [0.4, 0.5) is 18.2 Å². The van der Waals surface area contributed by atoms with E-state index in [1.165, 1.54) is 6.07 Å². The molecule has 7 heteroatoms. The van der Waals surface area contributed by atoms with Crippen molar-refractivity contribution in [2.24, 2.45) is 4.99 Å². The molecule has 1 aromatic heterocycles. The first-order chi connectivity index (χ1) is 7.37. The molecule has 2 nitrogen and oxygen atoms in total. The lowest BCUT2D eigenvalue weighted by Crippen LogP contribution is -2.22. The van der Waals surface area contributed by atoms with Crippen molar-refractivity contribution >= 4 is 33.1 Å². The van der Waals surface area contributed by atoms with E-state index in [0.29, 0.717) is 12.2 Å². The Morgan fingerprint density at radius 1 is 1.56 bits per heavy atom. The van der Waals surface area contributed by atoms with E-state index in [2.05, 4.69) is 4.99 Å². The van der Waals surface area contributed by atoms with Crippen LogP contribution in [0.15, 0.2) is 11.1 Å². The molecule has 0 radical (unpaired) electrons. The van der Waals surface area contributed by atoms with E-state index in [1.807, 2.05) is 0 Å². The molecule has 2 heterocycles. The van der Waals surface area contributed by atoms with E-state index in [0.717, 1.165) is 16.3 Å². The summed E-state index contributed by atoms with van der Waals surface area (Å²) in [6, 6.07) is 1.47. The first-order valence-corrected chi connectivity index (χ1v) is 5.67. The smallest absolute Gasteiger partial charge is 0.346 e. The maximum Gasteiger partial charge on any atom is 0.393 e. The summed E-state index contributed by atoms with van der Waals surface area (Å²) in [5.74, 6) is 0. The molecule has 16 heavy (non-hydrogen) atoms. The molecular weight excluding hydrogens is 261 g/mol. The van der Waals surface area contributed by atoms with Crippen molar-refractivity contribution in [1.29, 1.82) is 0 Å². The second kappa shape index (κ2) is 3.92. The van der Waals surface area contributed by atoms with Crippen LogP contribution in [0, 0.1) is 0 Å². The largest absolute Gasteiger partial charge is 0.393 e. The second-order valence-electron chi connectivity index (χ2n) is 3.51. The van der Waals surface area contributed by atoms with E-state index in [-0.39, 0.29) is 10.0 Å². The molecule has 2 rings (SSSR count). The van der Waals surface area contributed by atoms with E-state index < -0.39 is 12.6 Å². The lowest BCUT2D eigenvalue weighted by atomic mass is 10.2. The van der Waals surface area contributed by atoms with Gasteiger partial charge < -0.3 is 4.90 Å². The Balaban J connectivity index is 2.33. The van der Waals surface area contributed by atoms with Crippen LogP contribution in [0.1, 0.15) is 10.4 Å². The quantitative estimate of drug-likeness (QED) is 0.763. The molecule has 0 aliphatic carbocycles. The van der Waals surface area contributed by atoms with E-state index in [1.54, 1.807) is 11.9 Å². The predicted octanol–water partition coefficient (Wildman–Crippen LogP) is 3.25. The number of aliphatic imine (C=N–C) groups is 1. The minimum absolute atomic E-state index is 0.264.